The minimum atomic E-state index is -0.399. The zero-order valence-electron chi connectivity index (χ0n) is 8.60. The number of carbonyl (C=O) groups excluding carboxylic acids is 1. The van der Waals surface area contributed by atoms with Gasteiger partial charge in [-0.3, -0.25) is 0 Å². The summed E-state index contributed by atoms with van der Waals surface area (Å²) < 4.78 is 6.47. The van der Waals surface area contributed by atoms with Crippen molar-refractivity contribution in [2.24, 2.45) is 0 Å². The summed E-state index contributed by atoms with van der Waals surface area (Å²) in [5, 5.41) is 8.69. The zero-order chi connectivity index (χ0) is 10.7. The van der Waals surface area contributed by atoms with E-state index in [1.165, 1.54) is 20.0 Å². The third kappa shape index (κ3) is 2.14. The van der Waals surface area contributed by atoms with E-state index in [0.717, 1.165) is 23.7 Å². The summed E-state index contributed by atoms with van der Waals surface area (Å²) in [5.41, 5.74) is 0.351. The first-order valence-electron chi connectivity index (χ1n) is 4.97. The molecule has 2 rings (SSSR count). The molecule has 82 valence electrons. The lowest BCUT2D eigenvalue weighted by molar-refractivity contribution is 0.0589. The number of methoxy groups -OCH3 is 1. The highest BCUT2D eigenvalue weighted by Crippen LogP contribution is 2.25. The van der Waals surface area contributed by atoms with Gasteiger partial charge in [-0.1, -0.05) is 11.6 Å². The molecule has 6 heteroatoms. The highest BCUT2D eigenvalue weighted by Gasteiger charge is 2.21. The van der Waals surface area contributed by atoms with Crippen molar-refractivity contribution in [3.05, 3.63) is 5.69 Å². The monoisotopic (exact) mass is 227 g/mol. The molecule has 0 unspecified atom stereocenters. The highest BCUT2D eigenvalue weighted by atomic mass is 32.2. The molecule has 5 nitrogen and oxygen atoms in total. The van der Waals surface area contributed by atoms with E-state index in [4.69, 9.17) is 0 Å². The third-order valence-electron chi connectivity index (χ3n) is 2.32. The van der Waals surface area contributed by atoms with E-state index in [1.807, 2.05) is 0 Å². The summed E-state index contributed by atoms with van der Waals surface area (Å²) in [4.78, 5) is 11.4. The Morgan fingerprint density at radius 1 is 1.47 bits per heavy atom. The van der Waals surface area contributed by atoms with Crippen LogP contribution in [0.25, 0.3) is 0 Å². The van der Waals surface area contributed by atoms with Crippen molar-refractivity contribution in [1.82, 2.24) is 15.0 Å². The molecule has 1 aliphatic heterocycles. The topological polar surface area (TPSA) is 57.0 Å². The van der Waals surface area contributed by atoms with E-state index in [-0.39, 0.29) is 0 Å². The first kappa shape index (κ1) is 10.5. The fourth-order valence-electron chi connectivity index (χ4n) is 1.53. The van der Waals surface area contributed by atoms with Crippen LogP contribution >= 0.6 is 11.8 Å². The Morgan fingerprint density at radius 2 is 2.33 bits per heavy atom. The predicted molar refractivity (Wildman–Crippen MR) is 55.9 cm³/mol. The Hall–Kier alpha value is -1.04. The molecule has 1 aromatic rings. The summed E-state index contributed by atoms with van der Waals surface area (Å²) in [6.07, 6.45) is 3.48. The van der Waals surface area contributed by atoms with E-state index in [0.29, 0.717) is 5.69 Å². The molecule has 0 fully saturated rings. The summed E-state index contributed by atoms with van der Waals surface area (Å²) in [5.74, 6) is 0.613. The molecule has 0 aliphatic carbocycles. The molecule has 0 saturated heterocycles. The van der Waals surface area contributed by atoms with Crippen LogP contribution in [0.2, 0.25) is 0 Å². The van der Waals surface area contributed by atoms with Gasteiger partial charge in [0, 0.05) is 6.54 Å². The second-order valence-electron chi connectivity index (χ2n) is 3.37. The molecule has 0 bridgehead atoms. The first-order chi connectivity index (χ1) is 7.33. The molecule has 0 radical (unpaired) electrons. The predicted octanol–water partition coefficient (Wildman–Crippen LogP) is 1.34. The number of esters is 1. The average Bonchev–Trinajstić information content (AvgIpc) is 2.59. The number of nitrogens with zero attached hydrogens (tertiary/aromatic N) is 3. The van der Waals surface area contributed by atoms with Gasteiger partial charge in [0.1, 0.15) is 5.03 Å². The standard InChI is InChI=1S/C9H13N3O2S/c1-14-9(13)7-8-12(11-10-7)5-3-2-4-6-15-8/h2-6H2,1H3. The van der Waals surface area contributed by atoms with Crippen LogP contribution in [0.5, 0.6) is 0 Å². The van der Waals surface area contributed by atoms with Crippen molar-refractivity contribution in [2.45, 2.75) is 30.8 Å². The number of hydrogen-bond donors (Lipinski definition) is 0. The average molecular weight is 227 g/mol. The molecule has 0 aromatic carbocycles. The number of aryl methyl sites for hydroxylation is 1. The maximum Gasteiger partial charge on any atom is 0.361 e. The van der Waals surface area contributed by atoms with Crippen molar-refractivity contribution in [3.8, 4) is 0 Å². The normalized spacial score (nSPS) is 16.3. The van der Waals surface area contributed by atoms with Crippen LogP contribution in [0.15, 0.2) is 5.03 Å². The van der Waals surface area contributed by atoms with Crippen molar-refractivity contribution in [2.75, 3.05) is 12.9 Å². The van der Waals surface area contributed by atoms with E-state index >= 15 is 0 Å². The lowest BCUT2D eigenvalue weighted by Gasteiger charge is -2.10. The van der Waals surface area contributed by atoms with E-state index < -0.39 is 5.97 Å². The molecule has 0 N–H and O–H groups in total. The third-order valence-corrected chi connectivity index (χ3v) is 3.49. The molecule has 0 amide bonds. The SMILES string of the molecule is COC(=O)c1nnn2c1SCCCCC2. The Morgan fingerprint density at radius 3 is 3.13 bits per heavy atom. The molecule has 1 aliphatic rings. The van der Waals surface area contributed by atoms with Crippen molar-refractivity contribution in [1.29, 1.82) is 0 Å². The van der Waals surface area contributed by atoms with Crippen LogP contribution in [-0.4, -0.2) is 33.8 Å². The minimum Gasteiger partial charge on any atom is -0.464 e. The molecular formula is C9H13N3O2S. The van der Waals surface area contributed by atoms with Crippen LogP contribution in [0.1, 0.15) is 29.8 Å². The number of ether oxygens (including phenoxy) is 1. The highest BCUT2D eigenvalue weighted by molar-refractivity contribution is 7.99. The molecule has 0 atom stereocenters. The van der Waals surface area contributed by atoms with Crippen LogP contribution in [0, 0.1) is 0 Å². The van der Waals surface area contributed by atoms with Gasteiger partial charge in [-0.15, -0.1) is 16.9 Å². The number of hydrogen-bond acceptors (Lipinski definition) is 5. The lowest BCUT2D eigenvalue weighted by atomic mass is 10.2. The quantitative estimate of drug-likeness (QED) is 0.678. The van der Waals surface area contributed by atoms with Gasteiger partial charge >= 0.3 is 5.97 Å². The molecule has 2 heterocycles. The van der Waals surface area contributed by atoms with Crippen LogP contribution in [0.4, 0.5) is 0 Å². The number of fused-ring (bicyclic) bond motifs is 1. The fraction of sp³-hybridized carbons (Fsp3) is 0.667. The summed E-state index contributed by atoms with van der Waals surface area (Å²) in [7, 11) is 1.36. The van der Waals surface area contributed by atoms with E-state index in [9.17, 15) is 4.79 Å². The summed E-state index contributed by atoms with van der Waals surface area (Å²) in [6.45, 7) is 0.840. The Labute approximate surface area is 92.2 Å². The maximum atomic E-state index is 11.4. The van der Waals surface area contributed by atoms with Gasteiger partial charge in [0.15, 0.2) is 0 Å². The second-order valence-corrected chi connectivity index (χ2v) is 4.45. The van der Waals surface area contributed by atoms with Gasteiger partial charge in [0.05, 0.1) is 7.11 Å². The molecule has 0 spiro atoms. The molecular weight excluding hydrogens is 214 g/mol. The fourth-order valence-corrected chi connectivity index (χ4v) is 2.61. The van der Waals surface area contributed by atoms with Crippen molar-refractivity contribution in [3.63, 3.8) is 0 Å². The Kier molecular flexibility index (Phi) is 3.25. The van der Waals surface area contributed by atoms with Gasteiger partial charge in [-0.2, -0.15) is 0 Å². The number of aromatic nitrogens is 3. The zero-order valence-corrected chi connectivity index (χ0v) is 9.42. The summed E-state index contributed by atoms with van der Waals surface area (Å²) >= 11 is 1.64. The summed E-state index contributed by atoms with van der Waals surface area (Å²) in [6, 6.07) is 0. The number of thioether (sulfide) groups is 1. The first-order valence-corrected chi connectivity index (χ1v) is 5.96. The Bertz CT molecular complexity index is 364. The van der Waals surface area contributed by atoms with Gasteiger partial charge in [0.2, 0.25) is 5.69 Å². The molecule has 0 saturated carbocycles. The van der Waals surface area contributed by atoms with Gasteiger partial charge < -0.3 is 4.74 Å². The van der Waals surface area contributed by atoms with Gasteiger partial charge in [0.25, 0.3) is 0 Å². The Balaban J connectivity index is 2.29. The number of carbonyl (C=O) groups is 1. The maximum absolute atomic E-state index is 11.4. The second kappa shape index (κ2) is 4.65. The lowest BCUT2D eigenvalue weighted by Crippen LogP contribution is -2.08. The molecule has 15 heavy (non-hydrogen) atoms. The largest absolute Gasteiger partial charge is 0.464 e. The van der Waals surface area contributed by atoms with Gasteiger partial charge in [-0.05, 0) is 18.6 Å². The smallest absolute Gasteiger partial charge is 0.361 e. The van der Waals surface area contributed by atoms with Crippen molar-refractivity contribution < 1.29 is 9.53 Å². The number of rotatable bonds is 1. The van der Waals surface area contributed by atoms with Crippen LogP contribution < -0.4 is 0 Å². The molecule has 1 aromatic heterocycles. The van der Waals surface area contributed by atoms with Crippen LogP contribution in [-0.2, 0) is 11.3 Å². The minimum absolute atomic E-state index is 0.351. The van der Waals surface area contributed by atoms with E-state index in [2.05, 4.69) is 15.0 Å². The van der Waals surface area contributed by atoms with E-state index in [1.54, 1.807) is 16.4 Å². The van der Waals surface area contributed by atoms with Gasteiger partial charge in [-0.25, -0.2) is 9.48 Å². The van der Waals surface area contributed by atoms with Crippen LogP contribution in [0.3, 0.4) is 0 Å². The van der Waals surface area contributed by atoms with Crippen molar-refractivity contribution >= 4 is 17.7 Å².